The minimum absolute atomic E-state index is 0.425. The third-order valence-electron chi connectivity index (χ3n) is 4.08. The van der Waals surface area contributed by atoms with Crippen LogP contribution in [0.2, 0.25) is 0 Å². The summed E-state index contributed by atoms with van der Waals surface area (Å²) in [6.07, 6.45) is 1.22. The molecule has 1 heterocycles. The fraction of sp³-hybridized carbons (Fsp3) is 1.00. The van der Waals surface area contributed by atoms with Crippen LogP contribution >= 0.6 is 0 Å². The van der Waals surface area contributed by atoms with Gasteiger partial charge in [0.15, 0.2) is 0 Å². The Bertz CT molecular complexity index is 248. The van der Waals surface area contributed by atoms with Gasteiger partial charge in [-0.3, -0.25) is 9.80 Å². The number of nitrogens with one attached hydrogen (secondary N) is 1. The fourth-order valence-electron chi connectivity index (χ4n) is 2.58. The molecule has 1 saturated heterocycles. The summed E-state index contributed by atoms with van der Waals surface area (Å²) >= 11 is 0. The number of nitrogens with zero attached hydrogens (tertiary/aromatic N) is 2. The van der Waals surface area contributed by atoms with Crippen molar-refractivity contribution in [1.29, 1.82) is 0 Å². The lowest BCUT2D eigenvalue weighted by Gasteiger charge is -2.40. The van der Waals surface area contributed by atoms with Crippen molar-refractivity contribution in [2.24, 2.45) is 0 Å². The minimum Gasteiger partial charge on any atom is -0.388 e. The number of hydrogen-bond donors (Lipinski definition) is 2. The molecule has 1 aliphatic heterocycles. The monoisotopic (exact) mass is 271 g/mol. The average Bonchev–Trinajstić information content (AvgIpc) is 2.36. The Morgan fingerprint density at radius 3 is 2.21 bits per heavy atom. The van der Waals surface area contributed by atoms with Gasteiger partial charge in [-0.2, -0.15) is 0 Å². The van der Waals surface area contributed by atoms with E-state index >= 15 is 0 Å². The molecular weight excluding hydrogens is 238 g/mol. The van der Waals surface area contributed by atoms with Gasteiger partial charge in [-0.25, -0.2) is 0 Å². The van der Waals surface area contributed by atoms with Gasteiger partial charge in [-0.15, -0.1) is 0 Å². The molecule has 0 spiro atoms. The minimum atomic E-state index is -0.636. The summed E-state index contributed by atoms with van der Waals surface area (Å²) in [4.78, 5) is 4.94. The van der Waals surface area contributed by atoms with Crippen LogP contribution in [0.25, 0.3) is 0 Å². The van der Waals surface area contributed by atoms with E-state index in [2.05, 4.69) is 42.8 Å². The Kier molecular flexibility index (Phi) is 6.74. The summed E-state index contributed by atoms with van der Waals surface area (Å²) < 4.78 is 0. The molecule has 1 fully saturated rings. The van der Waals surface area contributed by atoms with Crippen molar-refractivity contribution in [3.63, 3.8) is 0 Å². The van der Waals surface area contributed by atoms with E-state index in [1.807, 2.05) is 6.92 Å². The lowest BCUT2D eigenvalue weighted by atomic mass is 10.1. The lowest BCUT2D eigenvalue weighted by molar-refractivity contribution is -0.000913. The Hall–Kier alpha value is -0.160. The Balaban J connectivity index is 2.31. The van der Waals surface area contributed by atoms with Gasteiger partial charge in [0.2, 0.25) is 0 Å². The number of rotatable bonds is 7. The standard InChI is InChI=1S/C15H33N3O/c1-6-14(4)18-9-7-17(8-10-18)12-15(5,19)11-16-13(2)3/h13-14,16,19H,6-12H2,1-5H3. The maximum absolute atomic E-state index is 10.4. The molecule has 4 nitrogen and oxygen atoms in total. The van der Waals surface area contributed by atoms with Crippen molar-refractivity contribution in [2.75, 3.05) is 39.3 Å². The lowest BCUT2D eigenvalue weighted by Crippen LogP contribution is -2.55. The molecule has 19 heavy (non-hydrogen) atoms. The van der Waals surface area contributed by atoms with E-state index in [1.54, 1.807) is 0 Å². The second-order valence-corrected chi connectivity index (χ2v) is 6.60. The molecule has 114 valence electrons. The summed E-state index contributed by atoms with van der Waals surface area (Å²) in [6, 6.07) is 1.11. The van der Waals surface area contributed by atoms with E-state index in [-0.39, 0.29) is 0 Å². The topological polar surface area (TPSA) is 38.7 Å². The molecule has 1 aliphatic rings. The van der Waals surface area contributed by atoms with Crippen molar-refractivity contribution in [1.82, 2.24) is 15.1 Å². The summed E-state index contributed by atoms with van der Waals surface area (Å²) in [7, 11) is 0. The maximum Gasteiger partial charge on any atom is 0.0869 e. The molecule has 2 N–H and O–H groups in total. The number of aliphatic hydroxyl groups is 1. The van der Waals surface area contributed by atoms with E-state index in [9.17, 15) is 5.11 Å². The van der Waals surface area contributed by atoms with Gasteiger partial charge in [-0.1, -0.05) is 20.8 Å². The van der Waals surface area contributed by atoms with Gasteiger partial charge in [-0.05, 0) is 20.3 Å². The Morgan fingerprint density at radius 2 is 1.74 bits per heavy atom. The first kappa shape index (κ1) is 16.9. The Labute approximate surface area is 119 Å². The highest BCUT2D eigenvalue weighted by Crippen LogP contribution is 2.12. The van der Waals surface area contributed by atoms with Crippen molar-refractivity contribution < 1.29 is 5.11 Å². The molecule has 0 radical (unpaired) electrons. The third-order valence-corrected chi connectivity index (χ3v) is 4.08. The van der Waals surface area contributed by atoms with Crippen LogP contribution in [-0.2, 0) is 0 Å². The number of hydrogen-bond acceptors (Lipinski definition) is 4. The van der Waals surface area contributed by atoms with Crippen LogP contribution in [-0.4, -0.2) is 71.9 Å². The highest BCUT2D eigenvalue weighted by Gasteiger charge is 2.27. The first-order chi connectivity index (χ1) is 8.84. The fourth-order valence-corrected chi connectivity index (χ4v) is 2.58. The van der Waals surface area contributed by atoms with Gasteiger partial charge in [0.05, 0.1) is 5.60 Å². The first-order valence-electron chi connectivity index (χ1n) is 7.76. The van der Waals surface area contributed by atoms with Gasteiger partial charge in [0.1, 0.15) is 0 Å². The molecular formula is C15H33N3O. The predicted molar refractivity (Wildman–Crippen MR) is 81.5 cm³/mol. The van der Waals surface area contributed by atoms with Crippen LogP contribution in [0.4, 0.5) is 0 Å². The zero-order valence-corrected chi connectivity index (χ0v) is 13.4. The number of β-amino-alcohol motifs (C(OH)–C–C–N with tert-alkyl or cyclic N) is 1. The third kappa shape index (κ3) is 6.21. The van der Waals surface area contributed by atoms with E-state index in [4.69, 9.17) is 0 Å². The van der Waals surface area contributed by atoms with Crippen molar-refractivity contribution in [3.05, 3.63) is 0 Å². The molecule has 4 heteroatoms. The zero-order chi connectivity index (χ0) is 14.5. The van der Waals surface area contributed by atoms with Gasteiger partial charge < -0.3 is 10.4 Å². The normalized spacial score (nSPS) is 23.5. The van der Waals surface area contributed by atoms with Crippen LogP contribution in [0.15, 0.2) is 0 Å². The van der Waals surface area contributed by atoms with Gasteiger partial charge in [0.25, 0.3) is 0 Å². The summed E-state index contributed by atoms with van der Waals surface area (Å²) in [6.45, 7) is 16.5. The van der Waals surface area contributed by atoms with E-state index in [1.165, 1.54) is 6.42 Å². The maximum atomic E-state index is 10.4. The van der Waals surface area contributed by atoms with Crippen molar-refractivity contribution in [2.45, 2.75) is 58.7 Å². The molecule has 0 aliphatic carbocycles. The molecule has 0 aromatic carbocycles. The van der Waals surface area contributed by atoms with Gasteiger partial charge >= 0.3 is 0 Å². The SMILES string of the molecule is CCC(C)N1CCN(CC(C)(O)CNC(C)C)CC1. The van der Waals surface area contributed by atoms with E-state index in [0.29, 0.717) is 18.6 Å². The van der Waals surface area contributed by atoms with Crippen molar-refractivity contribution >= 4 is 0 Å². The summed E-state index contributed by atoms with van der Waals surface area (Å²) in [5, 5.41) is 13.7. The van der Waals surface area contributed by atoms with Crippen molar-refractivity contribution in [3.8, 4) is 0 Å². The smallest absolute Gasteiger partial charge is 0.0869 e. The van der Waals surface area contributed by atoms with Crippen LogP contribution in [0.5, 0.6) is 0 Å². The van der Waals surface area contributed by atoms with Gasteiger partial charge in [0, 0.05) is 51.4 Å². The first-order valence-corrected chi connectivity index (χ1v) is 7.76. The molecule has 0 aromatic heterocycles. The highest BCUT2D eigenvalue weighted by atomic mass is 16.3. The average molecular weight is 271 g/mol. The summed E-state index contributed by atoms with van der Waals surface area (Å²) in [5.41, 5.74) is -0.636. The highest BCUT2D eigenvalue weighted by molar-refractivity contribution is 4.84. The predicted octanol–water partition coefficient (Wildman–Crippen LogP) is 1.15. The molecule has 0 aromatic rings. The number of piperazine rings is 1. The largest absolute Gasteiger partial charge is 0.388 e. The molecule has 1 rings (SSSR count). The molecule has 2 atom stereocenters. The second-order valence-electron chi connectivity index (χ2n) is 6.60. The summed E-state index contributed by atoms with van der Waals surface area (Å²) in [5.74, 6) is 0. The Morgan fingerprint density at radius 1 is 1.16 bits per heavy atom. The molecule has 0 bridgehead atoms. The van der Waals surface area contributed by atoms with E-state index < -0.39 is 5.60 Å². The molecule has 0 saturated carbocycles. The van der Waals surface area contributed by atoms with Crippen LogP contribution in [0, 0.1) is 0 Å². The quantitative estimate of drug-likeness (QED) is 0.729. The zero-order valence-electron chi connectivity index (χ0n) is 13.4. The second kappa shape index (κ2) is 7.58. The van der Waals surface area contributed by atoms with Crippen LogP contribution in [0.1, 0.15) is 41.0 Å². The van der Waals surface area contributed by atoms with E-state index in [0.717, 1.165) is 32.7 Å². The molecule has 2 unspecified atom stereocenters. The van der Waals surface area contributed by atoms with Crippen LogP contribution < -0.4 is 5.32 Å². The van der Waals surface area contributed by atoms with Crippen LogP contribution in [0.3, 0.4) is 0 Å². The molecule has 0 amide bonds.